The molecular formula is C46H60Cl2N4O6S2. The Morgan fingerprint density at radius 3 is 1.30 bits per heavy atom. The van der Waals surface area contributed by atoms with Crippen molar-refractivity contribution >= 4 is 57.7 Å². The smallest absolute Gasteiger partial charge is 0.220 e. The van der Waals surface area contributed by atoms with Crippen LogP contribution < -0.4 is 63.5 Å². The first-order chi connectivity index (χ1) is 28.4. The lowest BCUT2D eigenvalue weighted by molar-refractivity contribution is -0.697. The zero-order chi connectivity index (χ0) is 41.2. The number of ether oxygens (including phenoxy) is 4. The first-order valence-electron chi connectivity index (χ1n) is 20.3. The highest BCUT2D eigenvalue weighted by Crippen LogP contribution is 2.28. The van der Waals surface area contributed by atoms with Crippen molar-refractivity contribution in [3.63, 3.8) is 0 Å². The van der Waals surface area contributed by atoms with Crippen LogP contribution in [0.3, 0.4) is 0 Å². The Bertz CT molecular complexity index is 1760. The van der Waals surface area contributed by atoms with E-state index >= 15 is 0 Å². The van der Waals surface area contributed by atoms with Gasteiger partial charge >= 0.3 is 0 Å². The van der Waals surface area contributed by atoms with Crippen LogP contribution in [-0.4, -0.2) is 62.8 Å². The van der Waals surface area contributed by atoms with Crippen molar-refractivity contribution in [2.24, 2.45) is 0 Å². The van der Waals surface area contributed by atoms with Gasteiger partial charge in [0, 0.05) is 97.8 Å². The molecule has 0 unspecified atom stereocenters. The second-order valence-electron chi connectivity index (χ2n) is 13.1. The van der Waals surface area contributed by atoms with E-state index in [0.717, 1.165) is 82.7 Å². The Kier molecular flexibility index (Phi) is 26.4. The highest BCUT2D eigenvalue weighted by atomic mass is 35.5. The summed E-state index contributed by atoms with van der Waals surface area (Å²) in [5, 5.41) is 6.03. The molecule has 0 saturated heterocycles. The van der Waals surface area contributed by atoms with E-state index < -0.39 is 0 Å². The lowest BCUT2D eigenvalue weighted by Gasteiger charge is -2.10. The highest BCUT2D eigenvalue weighted by Gasteiger charge is 2.09. The Morgan fingerprint density at radius 2 is 0.933 bits per heavy atom. The van der Waals surface area contributed by atoms with Gasteiger partial charge in [0.05, 0.1) is 26.4 Å². The topological polar surface area (TPSA) is 103 Å². The number of nitrogens with zero attached hydrogens (tertiary/aromatic N) is 2. The van der Waals surface area contributed by atoms with E-state index in [4.69, 9.17) is 18.9 Å². The Labute approximate surface area is 377 Å². The number of carbonyl (C=O) groups excluding carboxylic acids is 2. The molecule has 14 heteroatoms. The molecule has 4 rings (SSSR count). The first kappa shape index (κ1) is 51.8. The molecule has 0 aliphatic rings. The van der Waals surface area contributed by atoms with E-state index in [1.54, 1.807) is 21.6 Å². The first-order valence-corrected chi connectivity index (χ1v) is 22.8. The number of amides is 2. The van der Waals surface area contributed by atoms with Crippen LogP contribution in [0, 0.1) is 0 Å². The van der Waals surface area contributed by atoms with Gasteiger partial charge in [-0.1, -0.05) is 45.9 Å². The normalized spacial score (nSPS) is 10.8. The number of hydrogen-bond acceptors (Lipinski definition) is 8. The van der Waals surface area contributed by atoms with Crippen molar-refractivity contribution in [3.8, 4) is 23.0 Å². The van der Waals surface area contributed by atoms with Gasteiger partial charge in [0.25, 0.3) is 0 Å². The third kappa shape index (κ3) is 19.8. The summed E-state index contributed by atoms with van der Waals surface area (Å²) < 4.78 is 27.0. The number of aromatic nitrogens is 2. The van der Waals surface area contributed by atoms with Gasteiger partial charge in [-0.2, -0.15) is 0 Å². The Balaban J connectivity index is 0.00000620. The second kappa shape index (κ2) is 30.6. The minimum absolute atomic E-state index is 0. The molecule has 2 N–H and O–H groups in total. The molecule has 0 aliphatic carbocycles. The van der Waals surface area contributed by atoms with E-state index in [1.807, 2.05) is 101 Å². The fourth-order valence-electron chi connectivity index (χ4n) is 5.81. The summed E-state index contributed by atoms with van der Waals surface area (Å²) in [4.78, 5) is 24.7. The predicted octanol–water partition coefficient (Wildman–Crippen LogP) is 2.08. The standard InChI is InChI=1S/C46H58N4O6S2.2ClH/c1-5-53-41-19-17-39(43(35-41)55-7-3)15-13-37-21-29-49(30-22-37)27-9-11-45(51)47-25-33-57-58-34-26-48-46(52)12-10-28-50-31-23-38(24-32-50)14-16-40-18-20-42(54-6-2)36-44(40)56-8-4;;/h13-24,29-32,35-36H,5-12,25-28,33-34H2,1-4H3;2*1H. The SMILES string of the molecule is CCOc1ccc(C=Cc2cc[n+](CCCC(=O)NCCSSCCNC(=O)CCC[n+]3ccc(C=Cc4ccc(OCC)cc4OCC)cc3)cc2)c(OCC)c1.[Cl-].[Cl-]. The molecule has 60 heavy (non-hydrogen) atoms. The molecule has 326 valence electrons. The summed E-state index contributed by atoms with van der Waals surface area (Å²) in [6, 6.07) is 20.1. The molecule has 10 nitrogen and oxygen atoms in total. The maximum absolute atomic E-state index is 12.3. The molecule has 0 bridgehead atoms. The van der Waals surface area contributed by atoms with E-state index in [-0.39, 0.29) is 36.6 Å². The van der Waals surface area contributed by atoms with Gasteiger partial charge in [0.2, 0.25) is 11.8 Å². The molecule has 0 radical (unpaired) electrons. The summed E-state index contributed by atoms with van der Waals surface area (Å²) in [6.07, 6.45) is 18.9. The minimum Gasteiger partial charge on any atom is -1.00 e. The summed E-state index contributed by atoms with van der Waals surface area (Å²) in [5.74, 6) is 4.98. The largest absolute Gasteiger partial charge is 1.00 e. The van der Waals surface area contributed by atoms with Crippen molar-refractivity contribution in [1.82, 2.24) is 10.6 Å². The van der Waals surface area contributed by atoms with Crippen LogP contribution in [0.5, 0.6) is 23.0 Å². The summed E-state index contributed by atoms with van der Waals surface area (Å²) >= 11 is 0. The van der Waals surface area contributed by atoms with Gasteiger partial charge in [-0.05, 0) is 63.1 Å². The number of benzene rings is 2. The number of rotatable bonds is 27. The summed E-state index contributed by atoms with van der Waals surface area (Å²) in [5.41, 5.74) is 4.16. The van der Waals surface area contributed by atoms with Crippen molar-refractivity contribution in [2.75, 3.05) is 51.0 Å². The number of halogens is 2. The van der Waals surface area contributed by atoms with Crippen LogP contribution in [0.4, 0.5) is 0 Å². The van der Waals surface area contributed by atoms with E-state index in [2.05, 4.69) is 56.2 Å². The average molecular weight is 900 g/mol. The van der Waals surface area contributed by atoms with Gasteiger partial charge in [0.15, 0.2) is 24.8 Å². The van der Waals surface area contributed by atoms with Crippen LogP contribution in [0.1, 0.15) is 75.6 Å². The van der Waals surface area contributed by atoms with Gasteiger partial charge in [0.1, 0.15) is 36.1 Å². The van der Waals surface area contributed by atoms with Crippen LogP contribution in [-0.2, 0) is 22.7 Å². The molecule has 2 aromatic heterocycles. The van der Waals surface area contributed by atoms with Gasteiger partial charge in [-0.25, -0.2) is 9.13 Å². The number of pyridine rings is 2. The van der Waals surface area contributed by atoms with Gasteiger partial charge < -0.3 is 54.4 Å². The predicted molar refractivity (Wildman–Crippen MR) is 238 cm³/mol. The van der Waals surface area contributed by atoms with E-state index in [1.165, 1.54) is 0 Å². The van der Waals surface area contributed by atoms with Crippen molar-refractivity contribution in [3.05, 3.63) is 108 Å². The number of nitrogens with one attached hydrogen (secondary N) is 2. The van der Waals surface area contributed by atoms with Crippen LogP contribution in [0.15, 0.2) is 85.5 Å². The maximum atomic E-state index is 12.3. The number of aryl methyl sites for hydroxylation is 2. The second-order valence-corrected chi connectivity index (χ2v) is 15.8. The molecule has 4 aromatic rings. The lowest BCUT2D eigenvalue weighted by atomic mass is 10.1. The monoisotopic (exact) mass is 898 g/mol. The van der Waals surface area contributed by atoms with E-state index in [9.17, 15) is 9.59 Å². The van der Waals surface area contributed by atoms with Crippen LogP contribution >= 0.6 is 21.6 Å². The molecule has 0 aliphatic heterocycles. The lowest BCUT2D eigenvalue weighted by Crippen LogP contribution is -3.00. The van der Waals surface area contributed by atoms with Crippen molar-refractivity contribution in [2.45, 2.75) is 66.5 Å². The minimum atomic E-state index is 0. The fourth-order valence-corrected chi connectivity index (χ4v) is 7.63. The Hall–Kier alpha value is -4.36. The molecule has 0 atom stereocenters. The highest BCUT2D eigenvalue weighted by molar-refractivity contribution is 8.76. The van der Waals surface area contributed by atoms with Crippen LogP contribution in [0.25, 0.3) is 24.3 Å². The average Bonchev–Trinajstić information content (AvgIpc) is 3.23. The molecule has 0 spiro atoms. The zero-order valence-corrected chi connectivity index (χ0v) is 38.4. The Morgan fingerprint density at radius 1 is 0.550 bits per heavy atom. The van der Waals surface area contributed by atoms with Crippen LogP contribution in [0.2, 0.25) is 0 Å². The summed E-state index contributed by atoms with van der Waals surface area (Å²) in [7, 11) is 3.42. The molecule has 0 saturated carbocycles. The molecular weight excluding hydrogens is 840 g/mol. The third-order valence-electron chi connectivity index (χ3n) is 8.68. The van der Waals surface area contributed by atoms with Gasteiger partial charge in [-0.3, -0.25) is 9.59 Å². The summed E-state index contributed by atoms with van der Waals surface area (Å²) in [6.45, 7) is 13.1. The number of carbonyl (C=O) groups is 2. The fraction of sp³-hybridized carbons (Fsp3) is 0.391. The molecule has 2 heterocycles. The van der Waals surface area contributed by atoms with Crippen molar-refractivity contribution < 1.29 is 62.5 Å². The third-order valence-corrected chi connectivity index (χ3v) is 11.1. The maximum Gasteiger partial charge on any atom is 0.220 e. The quantitative estimate of drug-likeness (QED) is 0.0534. The molecule has 2 amide bonds. The molecule has 2 aromatic carbocycles. The zero-order valence-electron chi connectivity index (χ0n) is 35.2. The molecule has 0 fully saturated rings. The van der Waals surface area contributed by atoms with E-state index in [0.29, 0.717) is 52.4 Å². The van der Waals surface area contributed by atoms with Crippen molar-refractivity contribution in [1.29, 1.82) is 0 Å². The van der Waals surface area contributed by atoms with Gasteiger partial charge in [-0.15, -0.1) is 0 Å². The number of hydrogen-bond donors (Lipinski definition) is 2.